The van der Waals surface area contributed by atoms with Gasteiger partial charge in [-0.2, -0.15) is 11.3 Å². The summed E-state index contributed by atoms with van der Waals surface area (Å²) in [6.07, 6.45) is 0.142. The van der Waals surface area contributed by atoms with Crippen LogP contribution in [0.4, 0.5) is 0 Å². The maximum Gasteiger partial charge on any atom is 0.355 e. The van der Waals surface area contributed by atoms with Crippen LogP contribution in [0.1, 0.15) is 51.5 Å². The molecule has 1 N–H and O–H groups in total. The van der Waals surface area contributed by atoms with Crippen molar-refractivity contribution in [3.8, 4) is 0 Å². The molecular weight excluding hydrogens is 358 g/mol. The molecule has 2 heterocycles. The second-order valence-corrected chi connectivity index (χ2v) is 6.17. The number of hydrogen-bond acceptors (Lipinski definition) is 7. The molecule has 0 aromatic carbocycles. The average molecular weight is 379 g/mol. The number of aromatic nitrogens is 1. The fourth-order valence-corrected chi connectivity index (χ4v) is 3.09. The van der Waals surface area contributed by atoms with E-state index in [-0.39, 0.29) is 37.5 Å². The van der Waals surface area contributed by atoms with E-state index in [1.54, 1.807) is 20.8 Å². The summed E-state index contributed by atoms with van der Waals surface area (Å²) in [5.41, 5.74) is 1.92. The van der Waals surface area contributed by atoms with E-state index in [0.717, 1.165) is 5.56 Å². The molecule has 0 aliphatic carbocycles. The third kappa shape index (κ3) is 4.72. The summed E-state index contributed by atoms with van der Waals surface area (Å²) in [6, 6.07) is 1.84. The fraction of sp³-hybridized carbons (Fsp3) is 0.389. The number of ether oxygens (including phenoxy) is 3. The molecule has 0 aliphatic rings. The quantitative estimate of drug-likeness (QED) is 0.560. The molecule has 0 bridgehead atoms. The number of H-pyrrole nitrogens is 1. The van der Waals surface area contributed by atoms with Gasteiger partial charge in [-0.25, -0.2) is 9.59 Å². The summed E-state index contributed by atoms with van der Waals surface area (Å²) in [4.78, 5) is 39.1. The molecule has 0 saturated carbocycles. The Hall–Kier alpha value is -2.61. The molecule has 2 aromatic rings. The van der Waals surface area contributed by atoms with Crippen molar-refractivity contribution >= 4 is 29.2 Å². The van der Waals surface area contributed by atoms with Crippen molar-refractivity contribution in [1.29, 1.82) is 0 Å². The lowest BCUT2D eigenvalue weighted by atomic mass is 10.1. The first-order chi connectivity index (χ1) is 12.5. The van der Waals surface area contributed by atoms with Crippen molar-refractivity contribution in [2.75, 3.05) is 13.2 Å². The van der Waals surface area contributed by atoms with Crippen LogP contribution in [-0.2, 0) is 32.0 Å². The lowest BCUT2D eigenvalue weighted by Gasteiger charge is -2.06. The highest BCUT2D eigenvalue weighted by Crippen LogP contribution is 2.22. The minimum Gasteiger partial charge on any atom is -0.462 e. The van der Waals surface area contributed by atoms with Gasteiger partial charge in [-0.1, -0.05) is 0 Å². The van der Waals surface area contributed by atoms with Gasteiger partial charge in [0.1, 0.15) is 12.3 Å². The second kappa shape index (κ2) is 9.19. The lowest BCUT2D eigenvalue weighted by Crippen LogP contribution is -2.12. The second-order valence-electron chi connectivity index (χ2n) is 5.39. The molecule has 0 saturated heterocycles. The molecule has 8 heteroatoms. The standard InChI is InChI=1S/C18H21NO6S/c1-4-23-17(21)15-11(3)16(18(22)24-5-2)19-13(15)9-25-14(20)8-12-6-7-26-10-12/h6-7,10,19H,4-5,8-9H2,1-3H3. The number of thiophene rings is 1. The molecule has 7 nitrogen and oxygen atoms in total. The van der Waals surface area contributed by atoms with Gasteiger partial charge in [-0.3, -0.25) is 4.79 Å². The van der Waals surface area contributed by atoms with Gasteiger partial charge in [0.2, 0.25) is 0 Å². The maximum atomic E-state index is 12.2. The van der Waals surface area contributed by atoms with Crippen molar-refractivity contribution in [2.45, 2.75) is 33.8 Å². The van der Waals surface area contributed by atoms with Crippen LogP contribution in [0.15, 0.2) is 16.8 Å². The molecule has 2 rings (SSSR count). The van der Waals surface area contributed by atoms with Crippen LogP contribution < -0.4 is 0 Å². The molecule has 0 amide bonds. The van der Waals surface area contributed by atoms with Crippen molar-refractivity contribution < 1.29 is 28.6 Å². The van der Waals surface area contributed by atoms with Crippen molar-refractivity contribution in [2.24, 2.45) is 0 Å². The first-order valence-corrected chi connectivity index (χ1v) is 9.14. The molecule has 2 aromatic heterocycles. The van der Waals surface area contributed by atoms with E-state index in [2.05, 4.69) is 4.98 Å². The Morgan fingerprint density at radius 3 is 2.38 bits per heavy atom. The van der Waals surface area contributed by atoms with Crippen LogP contribution in [0.3, 0.4) is 0 Å². The Bertz CT molecular complexity index is 778. The number of esters is 3. The van der Waals surface area contributed by atoms with Gasteiger partial charge in [-0.05, 0) is 48.7 Å². The number of rotatable bonds is 8. The van der Waals surface area contributed by atoms with Crippen LogP contribution in [0, 0.1) is 6.92 Å². The first-order valence-electron chi connectivity index (χ1n) is 8.20. The minimum absolute atomic E-state index is 0.142. The van der Waals surface area contributed by atoms with Crippen LogP contribution in [0.25, 0.3) is 0 Å². The van der Waals surface area contributed by atoms with E-state index in [0.29, 0.717) is 11.3 Å². The van der Waals surface area contributed by atoms with Gasteiger partial charge in [0.25, 0.3) is 0 Å². The predicted octanol–water partition coefficient (Wildman–Crippen LogP) is 3.02. The minimum atomic E-state index is -0.583. The SMILES string of the molecule is CCOC(=O)c1[nH]c(COC(=O)Cc2ccsc2)c(C(=O)OCC)c1C. The number of nitrogens with one attached hydrogen (secondary N) is 1. The molecular formula is C18H21NO6S. The highest BCUT2D eigenvalue weighted by atomic mass is 32.1. The number of carbonyl (C=O) groups is 3. The molecule has 0 atom stereocenters. The van der Waals surface area contributed by atoms with Gasteiger partial charge in [0, 0.05) is 0 Å². The molecule has 0 spiro atoms. The smallest absolute Gasteiger partial charge is 0.355 e. The Kier molecular flexibility index (Phi) is 6.97. The normalized spacial score (nSPS) is 10.4. The largest absolute Gasteiger partial charge is 0.462 e. The molecule has 0 radical (unpaired) electrons. The van der Waals surface area contributed by atoms with E-state index in [1.165, 1.54) is 11.3 Å². The summed E-state index contributed by atoms with van der Waals surface area (Å²) in [5, 5.41) is 3.74. The third-order valence-electron chi connectivity index (χ3n) is 3.59. The Balaban J connectivity index is 2.19. The number of carbonyl (C=O) groups excluding carboxylic acids is 3. The Morgan fingerprint density at radius 2 is 1.77 bits per heavy atom. The number of aromatic amines is 1. The van der Waals surface area contributed by atoms with Gasteiger partial charge >= 0.3 is 17.9 Å². The highest BCUT2D eigenvalue weighted by molar-refractivity contribution is 7.07. The summed E-state index contributed by atoms with van der Waals surface area (Å²) in [5.74, 6) is -1.59. The lowest BCUT2D eigenvalue weighted by molar-refractivity contribution is -0.144. The fourth-order valence-electron chi connectivity index (χ4n) is 2.42. The first kappa shape index (κ1) is 19.7. The van der Waals surface area contributed by atoms with Crippen molar-refractivity contribution in [3.05, 3.63) is 44.9 Å². The summed E-state index contributed by atoms with van der Waals surface area (Å²) in [6.45, 7) is 5.22. The van der Waals surface area contributed by atoms with Crippen molar-refractivity contribution in [3.63, 3.8) is 0 Å². The summed E-state index contributed by atoms with van der Waals surface area (Å²) >= 11 is 1.49. The van der Waals surface area contributed by atoms with E-state index < -0.39 is 17.9 Å². The van der Waals surface area contributed by atoms with E-state index in [4.69, 9.17) is 14.2 Å². The van der Waals surface area contributed by atoms with Crippen LogP contribution in [0.2, 0.25) is 0 Å². The van der Waals surface area contributed by atoms with Gasteiger partial charge < -0.3 is 19.2 Å². The molecule has 140 valence electrons. The molecule has 0 aliphatic heterocycles. The molecule has 0 fully saturated rings. The summed E-state index contributed by atoms with van der Waals surface area (Å²) in [7, 11) is 0. The molecule has 0 unspecified atom stereocenters. The Labute approximate surface area is 155 Å². The van der Waals surface area contributed by atoms with Gasteiger partial charge in [0.15, 0.2) is 0 Å². The zero-order valence-electron chi connectivity index (χ0n) is 14.9. The zero-order valence-corrected chi connectivity index (χ0v) is 15.7. The van der Waals surface area contributed by atoms with E-state index in [1.807, 2.05) is 16.8 Å². The van der Waals surface area contributed by atoms with Crippen LogP contribution >= 0.6 is 11.3 Å². The maximum absolute atomic E-state index is 12.2. The van der Waals surface area contributed by atoms with Crippen LogP contribution in [-0.4, -0.2) is 36.1 Å². The van der Waals surface area contributed by atoms with Crippen molar-refractivity contribution in [1.82, 2.24) is 4.98 Å². The predicted molar refractivity (Wildman–Crippen MR) is 95.3 cm³/mol. The Morgan fingerprint density at radius 1 is 1.08 bits per heavy atom. The topological polar surface area (TPSA) is 94.7 Å². The van der Waals surface area contributed by atoms with E-state index in [9.17, 15) is 14.4 Å². The van der Waals surface area contributed by atoms with Crippen LogP contribution in [0.5, 0.6) is 0 Å². The van der Waals surface area contributed by atoms with Gasteiger partial charge in [0.05, 0.1) is 30.9 Å². The van der Waals surface area contributed by atoms with Gasteiger partial charge in [-0.15, -0.1) is 0 Å². The zero-order chi connectivity index (χ0) is 19.1. The molecule has 26 heavy (non-hydrogen) atoms. The average Bonchev–Trinajstić information content (AvgIpc) is 3.21. The van der Waals surface area contributed by atoms with E-state index >= 15 is 0 Å². The third-order valence-corrected chi connectivity index (χ3v) is 4.32. The number of hydrogen-bond donors (Lipinski definition) is 1. The monoisotopic (exact) mass is 379 g/mol. The highest BCUT2D eigenvalue weighted by Gasteiger charge is 2.26. The summed E-state index contributed by atoms with van der Waals surface area (Å²) < 4.78 is 15.3.